The molecule has 0 fully saturated rings. The predicted octanol–water partition coefficient (Wildman–Crippen LogP) is 2.56. The summed E-state index contributed by atoms with van der Waals surface area (Å²) in [5.41, 5.74) is -0.597. The summed E-state index contributed by atoms with van der Waals surface area (Å²) in [6.07, 6.45) is 0. The third kappa shape index (κ3) is 5.09. The van der Waals surface area contributed by atoms with Crippen LogP contribution in [0.2, 0.25) is 0 Å². The van der Waals surface area contributed by atoms with E-state index in [1.165, 1.54) is 0 Å². The fraction of sp³-hybridized carbons (Fsp3) is 0.857. The number of rotatable bonds is 3. The molecule has 0 rings (SSSR count). The fourth-order valence-electron chi connectivity index (χ4n) is 1.63. The molecular weight excluding hydrogens is 244 g/mol. The van der Waals surface area contributed by atoms with Crippen molar-refractivity contribution >= 4 is 12.0 Å². The van der Waals surface area contributed by atoms with E-state index < -0.39 is 17.4 Å². The van der Waals surface area contributed by atoms with Crippen LogP contribution in [0.3, 0.4) is 0 Å². The number of carbonyl (C=O) groups is 2. The van der Waals surface area contributed by atoms with Gasteiger partial charge in [-0.25, -0.2) is 9.59 Å². The quantitative estimate of drug-likeness (QED) is 0.829. The van der Waals surface area contributed by atoms with Crippen molar-refractivity contribution < 1.29 is 14.7 Å². The topological polar surface area (TPSA) is 69.6 Å². The highest BCUT2D eigenvalue weighted by Gasteiger charge is 2.35. The molecule has 0 aromatic heterocycles. The molecule has 0 aliphatic carbocycles. The van der Waals surface area contributed by atoms with Crippen LogP contribution in [0.5, 0.6) is 0 Å². The van der Waals surface area contributed by atoms with Gasteiger partial charge in [0.1, 0.15) is 6.04 Å². The van der Waals surface area contributed by atoms with E-state index in [1.807, 2.05) is 27.7 Å². The number of carbonyl (C=O) groups excluding carboxylic acids is 1. The molecule has 5 nitrogen and oxygen atoms in total. The zero-order valence-corrected chi connectivity index (χ0v) is 13.4. The van der Waals surface area contributed by atoms with E-state index in [-0.39, 0.29) is 17.5 Å². The standard InChI is InChI=1S/C14H28N2O3/c1-9(13(2,3)4)16(8)12(19)15-10(11(17)18)14(5,6)7/h9-10H,1-8H3,(H,15,19)(H,17,18)/t9?,10-/m0/s1. The lowest BCUT2D eigenvalue weighted by Gasteiger charge is -2.37. The monoisotopic (exact) mass is 272 g/mol. The maximum Gasteiger partial charge on any atom is 0.326 e. The van der Waals surface area contributed by atoms with Crippen LogP contribution in [-0.4, -0.2) is 41.1 Å². The molecule has 5 heteroatoms. The lowest BCUT2D eigenvalue weighted by molar-refractivity contribution is -0.142. The highest BCUT2D eigenvalue weighted by molar-refractivity contribution is 5.83. The Kier molecular flexibility index (Phi) is 5.42. The van der Waals surface area contributed by atoms with Crippen LogP contribution in [0.15, 0.2) is 0 Å². The van der Waals surface area contributed by atoms with Crippen molar-refractivity contribution in [3.05, 3.63) is 0 Å². The fourth-order valence-corrected chi connectivity index (χ4v) is 1.63. The van der Waals surface area contributed by atoms with Crippen LogP contribution in [0.25, 0.3) is 0 Å². The Morgan fingerprint density at radius 3 is 1.74 bits per heavy atom. The molecular formula is C14H28N2O3. The molecule has 0 heterocycles. The molecule has 2 atom stereocenters. The van der Waals surface area contributed by atoms with E-state index in [1.54, 1.807) is 32.7 Å². The lowest BCUT2D eigenvalue weighted by atomic mass is 9.86. The largest absolute Gasteiger partial charge is 0.480 e. The van der Waals surface area contributed by atoms with Crippen molar-refractivity contribution in [1.82, 2.24) is 10.2 Å². The van der Waals surface area contributed by atoms with Gasteiger partial charge in [0.05, 0.1) is 0 Å². The van der Waals surface area contributed by atoms with Crippen LogP contribution in [0.1, 0.15) is 48.5 Å². The van der Waals surface area contributed by atoms with Gasteiger partial charge in [-0.1, -0.05) is 41.5 Å². The zero-order chi connectivity index (χ0) is 15.6. The molecule has 0 aliphatic heterocycles. The molecule has 1 unspecified atom stereocenters. The first-order valence-electron chi connectivity index (χ1n) is 6.54. The molecule has 0 aromatic carbocycles. The Balaban J connectivity index is 4.90. The maximum absolute atomic E-state index is 12.1. The van der Waals surface area contributed by atoms with Gasteiger partial charge in [-0.3, -0.25) is 0 Å². The van der Waals surface area contributed by atoms with Crippen LogP contribution in [0.4, 0.5) is 4.79 Å². The highest BCUT2D eigenvalue weighted by atomic mass is 16.4. The van der Waals surface area contributed by atoms with Gasteiger partial charge in [0, 0.05) is 13.1 Å². The normalized spacial score (nSPS) is 15.6. The van der Waals surface area contributed by atoms with Crippen LogP contribution >= 0.6 is 0 Å². The third-order valence-corrected chi connectivity index (χ3v) is 3.54. The predicted molar refractivity (Wildman–Crippen MR) is 76.1 cm³/mol. The van der Waals surface area contributed by atoms with Crippen molar-refractivity contribution in [2.75, 3.05) is 7.05 Å². The van der Waals surface area contributed by atoms with E-state index in [4.69, 9.17) is 0 Å². The number of hydrogen-bond donors (Lipinski definition) is 2. The van der Waals surface area contributed by atoms with Crippen molar-refractivity contribution in [3.8, 4) is 0 Å². The average Bonchev–Trinajstić information content (AvgIpc) is 2.19. The van der Waals surface area contributed by atoms with Gasteiger partial charge in [0.2, 0.25) is 0 Å². The van der Waals surface area contributed by atoms with E-state index >= 15 is 0 Å². The number of carboxylic acid groups (broad SMARTS) is 1. The molecule has 0 radical (unpaired) electrons. The van der Waals surface area contributed by atoms with Crippen LogP contribution < -0.4 is 5.32 Å². The summed E-state index contributed by atoms with van der Waals surface area (Å²) in [5.74, 6) is -1.02. The van der Waals surface area contributed by atoms with E-state index in [0.717, 1.165) is 0 Å². The van der Waals surface area contributed by atoms with E-state index in [0.29, 0.717) is 0 Å². The smallest absolute Gasteiger partial charge is 0.326 e. The minimum absolute atomic E-state index is 0.00177. The Labute approximate surface area is 116 Å². The van der Waals surface area contributed by atoms with Gasteiger partial charge in [0.25, 0.3) is 0 Å². The molecule has 2 N–H and O–H groups in total. The van der Waals surface area contributed by atoms with Gasteiger partial charge >= 0.3 is 12.0 Å². The Morgan fingerprint density at radius 2 is 1.47 bits per heavy atom. The summed E-state index contributed by atoms with van der Waals surface area (Å²) in [6, 6.07) is -1.26. The third-order valence-electron chi connectivity index (χ3n) is 3.54. The minimum atomic E-state index is -1.02. The second-order valence-electron chi connectivity index (χ2n) is 7.24. The summed E-state index contributed by atoms with van der Waals surface area (Å²) < 4.78 is 0. The molecule has 0 saturated carbocycles. The van der Waals surface area contributed by atoms with Gasteiger partial charge in [0.15, 0.2) is 0 Å². The van der Waals surface area contributed by atoms with Crippen LogP contribution in [0, 0.1) is 10.8 Å². The molecule has 0 aliphatic rings. The SMILES string of the molecule is CC(N(C)C(=O)N[C@@H](C(=O)O)C(C)(C)C)C(C)(C)C. The zero-order valence-electron chi connectivity index (χ0n) is 13.4. The van der Waals surface area contributed by atoms with Crippen molar-refractivity contribution in [2.24, 2.45) is 10.8 Å². The number of nitrogens with zero attached hydrogens (tertiary/aromatic N) is 1. The van der Waals surface area contributed by atoms with E-state index in [2.05, 4.69) is 5.32 Å². The second kappa shape index (κ2) is 5.80. The number of aliphatic carboxylic acids is 1. The van der Waals surface area contributed by atoms with E-state index in [9.17, 15) is 14.7 Å². The Morgan fingerprint density at radius 1 is 1.05 bits per heavy atom. The first-order valence-corrected chi connectivity index (χ1v) is 6.54. The lowest BCUT2D eigenvalue weighted by Crippen LogP contribution is -2.55. The van der Waals surface area contributed by atoms with Gasteiger partial charge in [-0.2, -0.15) is 0 Å². The van der Waals surface area contributed by atoms with Gasteiger partial charge < -0.3 is 15.3 Å². The Bertz CT molecular complexity index is 340. The number of carboxylic acids is 1. The summed E-state index contributed by atoms with van der Waals surface area (Å²) in [5, 5.41) is 11.8. The first kappa shape index (κ1) is 17.7. The minimum Gasteiger partial charge on any atom is -0.480 e. The molecule has 0 saturated heterocycles. The highest BCUT2D eigenvalue weighted by Crippen LogP contribution is 2.24. The van der Waals surface area contributed by atoms with Crippen molar-refractivity contribution in [1.29, 1.82) is 0 Å². The first-order chi connectivity index (χ1) is 8.28. The number of amides is 2. The molecule has 112 valence electrons. The van der Waals surface area contributed by atoms with Gasteiger partial charge in [-0.05, 0) is 17.8 Å². The molecule has 2 amide bonds. The maximum atomic E-state index is 12.1. The number of hydrogen-bond acceptors (Lipinski definition) is 2. The van der Waals surface area contributed by atoms with Crippen LogP contribution in [-0.2, 0) is 4.79 Å². The Hall–Kier alpha value is -1.26. The summed E-state index contributed by atoms with van der Waals surface area (Å²) >= 11 is 0. The summed E-state index contributed by atoms with van der Waals surface area (Å²) in [7, 11) is 1.69. The number of urea groups is 1. The van der Waals surface area contributed by atoms with Crippen molar-refractivity contribution in [3.63, 3.8) is 0 Å². The molecule has 19 heavy (non-hydrogen) atoms. The molecule has 0 spiro atoms. The molecule has 0 bridgehead atoms. The average molecular weight is 272 g/mol. The number of nitrogens with one attached hydrogen (secondary N) is 1. The van der Waals surface area contributed by atoms with Gasteiger partial charge in [-0.15, -0.1) is 0 Å². The van der Waals surface area contributed by atoms with Crippen molar-refractivity contribution in [2.45, 2.75) is 60.5 Å². The second-order valence-corrected chi connectivity index (χ2v) is 7.24. The summed E-state index contributed by atoms with van der Waals surface area (Å²) in [6.45, 7) is 13.4. The molecule has 0 aromatic rings. The summed E-state index contributed by atoms with van der Waals surface area (Å²) in [4.78, 5) is 24.9.